The van der Waals surface area contributed by atoms with Crippen LogP contribution in [0.25, 0.3) is 6.08 Å². The summed E-state index contributed by atoms with van der Waals surface area (Å²) in [6.45, 7) is 7.15. The van der Waals surface area contributed by atoms with Crippen LogP contribution in [0.3, 0.4) is 0 Å². The summed E-state index contributed by atoms with van der Waals surface area (Å²) >= 11 is 0. The van der Waals surface area contributed by atoms with Crippen molar-refractivity contribution in [3.05, 3.63) is 42.0 Å². The molecule has 1 unspecified atom stereocenters. The van der Waals surface area contributed by atoms with Crippen LogP contribution in [-0.4, -0.2) is 84.7 Å². The van der Waals surface area contributed by atoms with Crippen molar-refractivity contribution in [2.75, 3.05) is 59.0 Å². The van der Waals surface area contributed by atoms with Crippen LogP contribution in [0.2, 0.25) is 0 Å². The van der Waals surface area contributed by atoms with E-state index >= 15 is 0 Å². The molecule has 1 aromatic rings. The second-order valence-electron chi connectivity index (χ2n) is 7.30. The number of β-amino-alcohol motifs (C(OH)–C–C–N with tert-alkyl or cyclic N) is 1. The molecule has 0 bridgehead atoms. The molecular weight excluding hydrogens is 326 g/mol. The van der Waals surface area contributed by atoms with Crippen molar-refractivity contribution in [1.82, 2.24) is 14.7 Å². The van der Waals surface area contributed by atoms with Gasteiger partial charge < -0.3 is 14.9 Å². The average molecular weight is 357 g/mol. The first kappa shape index (κ1) is 19.1. The zero-order chi connectivity index (χ0) is 18.2. The molecule has 0 saturated carbocycles. The highest BCUT2D eigenvalue weighted by atomic mass is 16.3. The number of aliphatic hydroxyl groups excluding tert-OH is 1. The molecule has 5 heteroatoms. The van der Waals surface area contributed by atoms with Gasteiger partial charge in [-0.15, -0.1) is 0 Å². The zero-order valence-electron chi connectivity index (χ0n) is 15.6. The van der Waals surface area contributed by atoms with E-state index in [-0.39, 0.29) is 12.5 Å². The van der Waals surface area contributed by atoms with Gasteiger partial charge in [-0.25, -0.2) is 0 Å². The van der Waals surface area contributed by atoms with Gasteiger partial charge in [-0.1, -0.05) is 42.5 Å². The molecule has 2 heterocycles. The normalized spacial score (nSPS) is 22.8. The molecule has 2 aliphatic rings. The van der Waals surface area contributed by atoms with Gasteiger partial charge in [0.2, 0.25) is 5.91 Å². The molecule has 2 saturated heterocycles. The summed E-state index contributed by atoms with van der Waals surface area (Å²) in [5.41, 5.74) is 1.23. The van der Waals surface area contributed by atoms with Crippen molar-refractivity contribution in [3.8, 4) is 0 Å². The topological polar surface area (TPSA) is 47.0 Å². The molecule has 1 N–H and O–H groups in total. The highest BCUT2D eigenvalue weighted by Crippen LogP contribution is 2.19. The number of rotatable bonds is 6. The first-order valence-electron chi connectivity index (χ1n) is 9.82. The van der Waals surface area contributed by atoms with Crippen LogP contribution >= 0.6 is 0 Å². The number of carbonyl (C=O) groups is 1. The minimum atomic E-state index is 0.111. The number of likely N-dealkylation sites (tertiary alicyclic amines) is 1. The molecule has 0 aliphatic carbocycles. The first-order chi connectivity index (χ1) is 12.8. The van der Waals surface area contributed by atoms with Gasteiger partial charge in [0.15, 0.2) is 0 Å². The van der Waals surface area contributed by atoms with Crippen LogP contribution in [0.4, 0.5) is 0 Å². The van der Waals surface area contributed by atoms with Gasteiger partial charge in [0.25, 0.3) is 0 Å². The standard InChI is InChI=1S/C21H31N3O2/c25-17-16-23-11-5-9-20(18-23)21(26)24-14-12-22(13-15-24)10-4-8-19-6-2-1-3-7-19/h1-4,6-8,20,25H,5,9-18H2/b8-4+. The number of hydrogen-bond donors (Lipinski definition) is 1. The highest BCUT2D eigenvalue weighted by Gasteiger charge is 2.30. The van der Waals surface area contributed by atoms with E-state index in [4.69, 9.17) is 5.11 Å². The van der Waals surface area contributed by atoms with Crippen LogP contribution in [0, 0.1) is 5.92 Å². The molecule has 1 atom stereocenters. The fraction of sp³-hybridized carbons (Fsp3) is 0.571. The third kappa shape index (κ3) is 5.40. The molecule has 1 amide bonds. The number of carbonyl (C=O) groups excluding carboxylic acids is 1. The van der Waals surface area contributed by atoms with E-state index in [1.165, 1.54) is 5.56 Å². The van der Waals surface area contributed by atoms with Crippen molar-refractivity contribution in [2.24, 2.45) is 5.92 Å². The second kappa shape index (κ2) is 9.86. The lowest BCUT2D eigenvalue weighted by Crippen LogP contribution is -2.52. The smallest absolute Gasteiger partial charge is 0.227 e. The van der Waals surface area contributed by atoms with Gasteiger partial charge in [-0.2, -0.15) is 0 Å². The van der Waals surface area contributed by atoms with Gasteiger partial charge in [0.05, 0.1) is 12.5 Å². The Bertz CT molecular complexity index is 580. The minimum Gasteiger partial charge on any atom is -0.395 e. The van der Waals surface area contributed by atoms with Crippen LogP contribution in [0.15, 0.2) is 36.4 Å². The molecule has 3 rings (SSSR count). The van der Waals surface area contributed by atoms with E-state index in [9.17, 15) is 4.79 Å². The maximum Gasteiger partial charge on any atom is 0.227 e. The van der Waals surface area contributed by atoms with Crippen molar-refractivity contribution in [1.29, 1.82) is 0 Å². The molecule has 2 fully saturated rings. The Morgan fingerprint density at radius 3 is 2.58 bits per heavy atom. The first-order valence-corrected chi connectivity index (χ1v) is 9.82. The highest BCUT2D eigenvalue weighted by molar-refractivity contribution is 5.79. The van der Waals surface area contributed by atoms with Crippen molar-refractivity contribution in [3.63, 3.8) is 0 Å². The Kier molecular flexibility index (Phi) is 7.23. The van der Waals surface area contributed by atoms with Crippen LogP contribution in [-0.2, 0) is 4.79 Å². The Morgan fingerprint density at radius 1 is 1.08 bits per heavy atom. The molecule has 5 nitrogen and oxygen atoms in total. The van der Waals surface area contributed by atoms with Crippen LogP contribution in [0.5, 0.6) is 0 Å². The minimum absolute atomic E-state index is 0.111. The predicted molar refractivity (Wildman–Crippen MR) is 105 cm³/mol. The van der Waals surface area contributed by atoms with Gasteiger partial charge in [0.1, 0.15) is 0 Å². The molecule has 0 aromatic heterocycles. The molecule has 0 radical (unpaired) electrons. The third-order valence-electron chi connectivity index (χ3n) is 5.43. The molecule has 26 heavy (non-hydrogen) atoms. The van der Waals surface area contributed by atoms with Crippen molar-refractivity contribution in [2.45, 2.75) is 12.8 Å². The zero-order valence-corrected chi connectivity index (χ0v) is 15.6. The maximum atomic E-state index is 12.8. The van der Waals surface area contributed by atoms with Crippen molar-refractivity contribution < 1.29 is 9.90 Å². The quantitative estimate of drug-likeness (QED) is 0.839. The lowest BCUT2D eigenvalue weighted by Gasteiger charge is -2.38. The van der Waals surface area contributed by atoms with Crippen LogP contribution < -0.4 is 0 Å². The van der Waals surface area contributed by atoms with Gasteiger partial charge in [-0.05, 0) is 24.9 Å². The Balaban J connectivity index is 1.41. The number of hydrogen-bond acceptors (Lipinski definition) is 4. The van der Waals surface area contributed by atoms with E-state index in [1.54, 1.807) is 0 Å². The number of piperazine rings is 1. The van der Waals surface area contributed by atoms with Crippen molar-refractivity contribution >= 4 is 12.0 Å². The number of amides is 1. The largest absolute Gasteiger partial charge is 0.395 e. The fourth-order valence-electron chi connectivity index (χ4n) is 3.91. The Morgan fingerprint density at radius 2 is 1.85 bits per heavy atom. The number of benzene rings is 1. The van der Waals surface area contributed by atoms with E-state index in [0.29, 0.717) is 12.5 Å². The molecule has 1 aromatic carbocycles. The SMILES string of the molecule is O=C(C1CCCN(CCO)C1)N1CCN(C/C=C/c2ccccc2)CC1. The Hall–Kier alpha value is -1.69. The lowest BCUT2D eigenvalue weighted by molar-refractivity contribution is -0.139. The predicted octanol–water partition coefficient (Wildman–Crippen LogP) is 1.55. The van der Waals surface area contributed by atoms with E-state index in [1.807, 2.05) is 11.0 Å². The van der Waals surface area contributed by atoms with Gasteiger partial charge in [-0.3, -0.25) is 9.69 Å². The maximum absolute atomic E-state index is 12.8. The second-order valence-corrected chi connectivity index (χ2v) is 7.30. The molecule has 0 spiro atoms. The summed E-state index contributed by atoms with van der Waals surface area (Å²) in [5, 5.41) is 9.12. The molecule has 142 valence electrons. The summed E-state index contributed by atoms with van der Waals surface area (Å²) in [4.78, 5) is 19.5. The summed E-state index contributed by atoms with van der Waals surface area (Å²) in [6.07, 6.45) is 6.41. The summed E-state index contributed by atoms with van der Waals surface area (Å²) in [5.74, 6) is 0.423. The van der Waals surface area contributed by atoms with E-state index in [0.717, 1.165) is 58.7 Å². The van der Waals surface area contributed by atoms with E-state index in [2.05, 4.69) is 46.2 Å². The van der Waals surface area contributed by atoms with Crippen LogP contribution in [0.1, 0.15) is 18.4 Å². The number of piperidine rings is 1. The number of nitrogens with zero attached hydrogens (tertiary/aromatic N) is 3. The van der Waals surface area contributed by atoms with Gasteiger partial charge in [0, 0.05) is 45.8 Å². The monoisotopic (exact) mass is 357 g/mol. The van der Waals surface area contributed by atoms with E-state index < -0.39 is 0 Å². The molecular formula is C21H31N3O2. The summed E-state index contributed by atoms with van der Waals surface area (Å²) in [7, 11) is 0. The summed E-state index contributed by atoms with van der Waals surface area (Å²) in [6, 6.07) is 10.4. The molecule has 2 aliphatic heterocycles. The number of aliphatic hydroxyl groups is 1. The Labute approximate surface area is 156 Å². The lowest BCUT2D eigenvalue weighted by atomic mass is 9.96. The summed E-state index contributed by atoms with van der Waals surface area (Å²) < 4.78 is 0. The third-order valence-corrected chi connectivity index (χ3v) is 5.43. The van der Waals surface area contributed by atoms with Gasteiger partial charge >= 0.3 is 0 Å². The average Bonchev–Trinajstić information content (AvgIpc) is 2.69. The fourth-order valence-corrected chi connectivity index (χ4v) is 3.91.